The van der Waals surface area contributed by atoms with Crippen LogP contribution in [0.3, 0.4) is 0 Å². The van der Waals surface area contributed by atoms with Crippen LogP contribution in [-0.4, -0.2) is 52.5 Å². The van der Waals surface area contributed by atoms with Crippen molar-refractivity contribution in [2.45, 2.75) is 25.0 Å². The molecular weight excluding hydrogens is 512 g/mol. The zero-order valence-corrected chi connectivity index (χ0v) is 20.6. The maximum atomic E-state index is 14.6. The number of ether oxygens (including phenoxy) is 2. The van der Waals surface area contributed by atoms with Gasteiger partial charge in [-0.1, -0.05) is 29.8 Å². The molecule has 0 bridgehead atoms. The number of aromatic nitrogens is 2. The first-order valence-corrected chi connectivity index (χ1v) is 11.6. The van der Waals surface area contributed by atoms with Gasteiger partial charge in [0.2, 0.25) is 11.8 Å². The predicted octanol–water partition coefficient (Wildman–Crippen LogP) is 4.24. The summed E-state index contributed by atoms with van der Waals surface area (Å²) in [5, 5.41) is 3.31. The van der Waals surface area contributed by atoms with E-state index in [1.54, 1.807) is 12.1 Å². The quantitative estimate of drug-likeness (QED) is 0.344. The summed E-state index contributed by atoms with van der Waals surface area (Å²) in [5.74, 6) is -0.678. The van der Waals surface area contributed by atoms with Gasteiger partial charge in [-0.05, 0) is 24.3 Å². The fourth-order valence-corrected chi connectivity index (χ4v) is 4.35. The Morgan fingerprint density at radius 1 is 1.28 bits per heavy atom. The van der Waals surface area contributed by atoms with Crippen molar-refractivity contribution in [3.8, 4) is 11.5 Å². The van der Waals surface area contributed by atoms with Crippen LogP contribution >= 0.6 is 23.2 Å². The van der Waals surface area contributed by atoms with Crippen LogP contribution in [0.5, 0.6) is 11.5 Å². The number of hydrogen-bond donors (Lipinski definition) is 2. The number of carbonyl (C=O) groups excluding carboxylic acids is 2. The Morgan fingerprint density at radius 3 is 2.75 bits per heavy atom. The van der Waals surface area contributed by atoms with Crippen LogP contribution in [0.4, 0.5) is 15.9 Å². The second-order valence-corrected chi connectivity index (χ2v) is 8.79. The number of primary amides is 1. The Labute approximate surface area is 216 Å². The van der Waals surface area contributed by atoms with Gasteiger partial charge in [-0.2, -0.15) is 0 Å². The Morgan fingerprint density at radius 2 is 2.06 bits per heavy atom. The van der Waals surface area contributed by atoms with Crippen molar-refractivity contribution < 1.29 is 23.5 Å². The zero-order chi connectivity index (χ0) is 26.0. The average Bonchev–Trinajstić information content (AvgIpc) is 2.88. The van der Waals surface area contributed by atoms with Crippen LogP contribution in [0, 0.1) is 5.82 Å². The van der Waals surface area contributed by atoms with E-state index in [-0.39, 0.29) is 34.6 Å². The van der Waals surface area contributed by atoms with Crippen molar-refractivity contribution in [3.05, 3.63) is 59.1 Å². The summed E-state index contributed by atoms with van der Waals surface area (Å²) in [5.41, 5.74) is 6.13. The third-order valence-corrected chi connectivity index (χ3v) is 6.62. The molecule has 1 aromatic heterocycles. The molecule has 1 aliphatic heterocycles. The van der Waals surface area contributed by atoms with Gasteiger partial charge in [0.15, 0.2) is 17.3 Å². The second-order valence-electron chi connectivity index (χ2n) is 8.01. The van der Waals surface area contributed by atoms with Gasteiger partial charge in [0.05, 0.1) is 28.4 Å². The minimum Gasteiger partial charge on any atom is -0.493 e. The van der Waals surface area contributed by atoms with Gasteiger partial charge in [0.1, 0.15) is 24.3 Å². The number of carbonyl (C=O) groups is 2. The summed E-state index contributed by atoms with van der Waals surface area (Å²) in [7, 11) is 1.48. The summed E-state index contributed by atoms with van der Waals surface area (Å²) in [6.45, 7) is 3.74. The van der Waals surface area contributed by atoms with Gasteiger partial charge >= 0.3 is 0 Å². The Kier molecular flexibility index (Phi) is 7.46. The minimum atomic E-state index is -0.834. The fourth-order valence-electron chi connectivity index (χ4n) is 4.04. The number of nitrogens with two attached hydrogens (primary N) is 1. The molecule has 188 valence electrons. The predicted molar refractivity (Wildman–Crippen MR) is 134 cm³/mol. The Bertz CT molecular complexity index is 1360. The first kappa shape index (κ1) is 25.5. The maximum absolute atomic E-state index is 14.6. The standard InChI is InChI=1S/C24H22Cl2FN5O4/c1-3-20(33)32-7-6-12(8-17(32)23(28)34)36-19-9-13-16(10-18(19)35-2)29-11-30-24(13)31-15-5-4-14(25)21(26)22(15)27/h3-5,9-12,17H,1,6-8H2,2H3,(H2,28,34)(H,29,30,31)/t12-,17-/m1/s1. The zero-order valence-electron chi connectivity index (χ0n) is 19.1. The highest BCUT2D eigenvalue weighted by atomic mass is 35.5. The summed E-state index contributed by atoms with van der Waals surface area (Å²) in [4.78, 5) is 34.0. The molecule has 2 amide bonds. The van der Waals surface area contributed by atoms with Gasteiger partial charge in [-0.25, -0.2) is 14.4 Å². The fraction of sp³-hybridized carbons (Fsp3) is 0.250. The number of fused-ring (bicyclic) bond motifs is 1. The van der Waals surface area contributed by atoms with Gasteiger partial charge in [-0.3, -0.25) is 9.59 Å². The molecule has 1 fully saturated rings. The van der Waals surface area contributed by atoms with Crippen molar-refractivity contribution in [3.63, 3.8) is 0 Å². The number of methoxy groups -OCH3 is 1. The maximum Gasteiger partial charge on any atom is 0.246 e. The summed E-state index contributed by atoms with van der Waals surface area (Å²) >= 11 is 11.8. The molecule has 0 saturated carbocycles. The molecule has 2 aromatic carbocycles. The lowest BCUT2D eigenvalue weighted by molar-refractivity contribution is -0.139. The first-order chi connectivity index (χ1) is 17.2. The normalized spacial score (nSPS) is 17.5. The van der Waals surface area contributed by atoms with E-state index in [1.165, 1.54) is 30.5 Å². The average molecular weight is 534 g/mol. The molecule has 4 rings (SSSR count). The topological polar surface area (TPSA) is 120 Å². The molecule has 0 radical (unpaired) electrons. The van der Waals surface area contributed by atoms with Crippen molar-refractivity contribution in [2.75, 3.05) is 19.0 Å². The summed E-state index contributed by atoms with van der Waals surface area (Å²) in [6.07, 6.45) is 2.69. The highest BCUT2D eigenvalue weighted by Crippen LogP contribution is 2.38. The number of piperidine rings is 1. The van der Waals surface area contributed by atoms with E-state index in [0.29, 0.717) is 34.6 Å². The van der Waals surface area contributed by atoms with Crippen molar-refractivity contribution >= 4 is 57.4 Å². The number of hydrogen-bond acceptors (Lipinski definition) is 7. The van der Waals surface area contributed by atoms with Gasteiger partial charge in [0.25, 0.3) is 0 Å². The summed E-state index contributed by atoms with van der Waals surface area (Å²) < 4.78 is 26.3. The van der Waals surface area contributed by atoms with E-state index in [0.717, 1.165) is 6.08 Å². The van der Waals surface area contributed by atoms with Crippen LogP contribution < -0.4 is 20.5 Å². The second kappa shape index (κ2) is 10.5. The lowest BCUT2D eigenvalue weighted by Gasteiger charge is -2.37. The third-order valence-electron chi connectivity index (χ3n) is 5.84. The molecular formula is C24H22Cl2FN5O4. The lowest BCUT2D eigenvalue weighted by Crippen LogP contribution is -2.54. The van der Waals surface area contributed by atoms with E-state index in [1.807, 2.05) is 0 Å². The molecule has 2 atom stereocenters. The highest BCUT2D eigenvalue weighted by Gasteiger charge is 2.35. The van der Waals surface area contributed by atoms with Gasteiger partial charge in [0, 0.05) is 30.8 Å². The van der Waals surface area contributed by atoms with E-state index in [2.05, 4.69) is 21.9 Å². The third kappa shape index (κ3) is 5.00. The van der Waals surface area contributed by atoms with Crippen molar-refractivity contribution in [1.29, 1.82) is 0 Å². The minimum absolute atomic E-state index is 0.0752. The van der Waals surface area contributed by atoms with Crippen LogP contribution in [0.1, 0.15) is 12.8 Å². The molecule has 0 unspecified atom stereocenters. The van der Waals surface area contributed by atoms with E-state index in [4.69, 9.17) is 38.4 Å². The van der Waals surface area contributed by atoms with Crippen LogP contribution in [0.25, 0.3) is 10.9 Å². The molecule has 2 heterocycles. The Balaban J connectivity index is 1.66. The van der Waals surface area contributed by atoms with Gasteiger partial charge < -0.3 is 25.4 Å². The number of rotatable bonds is 7. The number of nitrogens with zero attached hydrogens (tertiary/aromatic N) is 3. The largest absolute Gasteiger partial charge is 0.493 e. The van der Waals surface area contributed by atoms with Crippen LogP contribution in [0.2, 0.25) is 10.0 Å². The number of benzene rings is 2. The molecule has 0 spiro atoms. The number of nitrogens with one attached hydrogen (secondary N) is 1. The lowest BCUT2D eigenvalue weighted by atomic mass is 9.98. The molecule has 9 nitrogen and oxygen atoms in total. The summed E-state index contributed by atoms with van der Waals surface area (Å²) in [6, 6.07) is 5.39. The first-order valence-electron chi connectivity index (χ1n) is 10.9. The molecule has 3 N–H and O–H groups in total. The monoisotopic (exact) mass is 533 g/mol. The van der Waals surface area contributed by atoms with Gasteiger partial charge in [-0.15, -0.1) is 0 Å². The smallest absolute Gasteiger partial charge is 0.246 e. The van der Waals surface area contributed by atoms with Crippen molar-refractivity contribution in [2.24, 2.45) is 5.73 Å². The van der Waals surface area contributed by atoms with E-state index >= 15 is 0 Å². The molecule has 0 aliphatic carbocycles. The van der Waals surface area contributed by atoms with Crippen LogP contribution in [-0.2, 0) is 9.59 Å². The number of anilines is 2. The Hall–Kier alpha value is -3.63. The van der Waals surface area contributed by atoms with E-state index in [9.17, 15) is 14.0 Å². The number of likely N-dealkylation sites (tertiary alicyclic amines) is 1. The molecule has 3 aromatic rings. The molecule has 12 heteroatoms. The highest BCUT2D eigenvalue weighted by molar-refractivity contribution is 6.42. The molecule has 1 saturated heterocycles. The molecule has 36 heavy (non-hydrogen) atoms. The SMILES string of the molecule is C=CC(=O)N1CC[C@@H](Oc2cc3c(Nc4ccc(Cl)c(Cl)c4F)ncnc3cc2OC)C[C@@H]1C(N)=O. The van der Waals surface area contributed by atoms with Crippen LogP contribution in [0.15, 0.2) is 43.2 Å². The number of halogens is 3. The number of amides is 2. The molecule has 1 aliphatic rings. The van der Waals surface area contributed by atoms with Crippen molar-refractivity contribution in [1.82, 2.24) is 14.9 Å². The van der Waals surface area contributed by atoms with E-state index < -0.39 is 23.9 Å².